The zero-order valence-electron chi connectivity index (χ0n) is 11.2. The number of methoxy groups -OCH3 is 1. The van der Waals surface area contributed by atoms with Crippen LogP contribution in [0.2, 0.25) is 0 Å². The maximum Gasteiger partial charge on any atom is 0.122 e. The summed E-state index contributed by atoms with van der Waals surface area (Å²) in [6.07, 6.45) is 0. The van der Waals surface area contributed by atoms with Crippen LogP contribution >= 0.6 is 12.2 Å². The summed E-state index contributed by atoms with van der Waals surface area (Å²) < 4.78 is 5.32. The summed E-state index contributed by atoms with van der Waals surface area (Å²) in [5.41, 5.74) is 9.47. The fraction of sp³-hybridized carbons (Fsp3) is 0.500. The van der Waals surface area contributed by atoms with E-state index in [1.807, 2.05) is 6.07 Å². The van der Waals surface area contributed by atoms with E-state index >= 15 is 0 Å². The third-order valence-corrected chi connectivity index (χ3v) is 4.06. The summed E-state index contributed by atoms with van der Waals surface area (Å²) in [5.74, 6) is 1.47. The van der Waals surface area contributed by atoms with Gasteiger partial charge in [-0.3, -0.25) is 0 Å². The van der Waals surface area contributed by atoms with Gasteiger partial charge in [0.2, 0.25) is 0 Å². The van der Waals surface area contributed by atoms with Crippen molar-refractivity contribution in [3.63, 3.8) is 0 Å². The predicted octanol–water partition coefficient (Wildman–Crippen LogP) is 3.34. The van der Waals surface area contributed by atoms with Crippen molar-refractivity contribution in [3.05, 3.63) is 28.8 Å². The SMILES string of the molecule is COc1ccc(C(C)C(C)C(N)=S)c(C)c1C. The summed E-state index contributed by atoms with van der Waals surface area (Å²) in [6.45, 7) is 8.44. The van der Waals surface area contributed by atoms with Gasteiger partial charge in [-0.2, -0.15) is 0 Å². The Morgan fingerprint density at radius 2 is 1.82 bits per heavy atom. The first-order valence-electron chi connectivity index (χ1n) is 5.83. The Hall–Kier alpha value is -1.09. The summed E-state index contributed by atoms with van der Waals surface area (Å²) in [6, 6.07) is 4.13. The van der Waals surface area contributed by atoms with Crippen LogP contribution in [0.15, 0.2) is 12.1 Å². The van der Waals surface area contributed by atoms with Gasteiger partial charge in [-0.25, -0.2) is 0 Å². The lowest BCUT2D eigenvalue weighted by molar-refractivity contribution is 0.410. The van der Waals surface area contributed by atoms with Gasteiger partial charge < -0.3 is 10.5 Å². The molecule has 3 heteroatoms. The molecular weight excluding hydrogens is 230 g/mol. The maximum absolute atomic E-state index is 5.73. The molecule has 0 aliphatic rings. The van der Waals surface area contributed by atoms with E-state index in [0.29, 0.717) is 10.9 Å². The van der Waals surface area contributed by atoms with Gasteiger partial charge in [-0.15, -0.1) is 0 Å². The summed E-state index contributed by atoms with van der Waals surface area (Å²) >= 11 is 5.07. The number of thiocarbonyl (C=S) groups is 1. The molecule has 94 valence electrons. The van der Waals surface area contributed by atoms with Crippen molar-refractivity contribution in [1.82, 2.24) is 0 Å². The molecule has 0 fully saturated rings. The molecule has 1 aromatic rings. The Balaban J connectivity index is 3.16. The van der Waals surface area contributed by atoms with Crippen LogP contribution in [-0.4, -0.2) is 12.1 Å². The van der Waals surface area contributed by atoms with Gasteiger partial charge in [0, 0.05) is 5.92 Å². The number of ether oxygens (including phenoxy) is 1. The van der Waals surface area contributed by atoms with Crippen molar-refractivity contribution in [3.8, 4) is 5.75 Å². The van der Waals surface area contributed by atoms with Gasteiger partial charge in [0.15, 0.2) is 0 Å². The van der Waals surface area contributed by atoms with E-state index in [9.17, 15) is 0 Å². The minimum atomic E-state index is 0.205. The summed E-state index contributed by atoms with van der Waals surface area (Å²) in [4.78, 5) is 0.574. The number of hydrogen-bond acceptors (Lipinski definition) is 2. The van der Waals surface area contributed by atoms with Crippen molar-refractivity contribution >= 4 is 17.2 Å². The second-order valence-corrected chi connectivity index (χ2v) is 5.06. The van der Waals surface area contributed by atoms with Crippen LogP contribution in [0.3, 0.4) is 0 Å². The van der Waals surface area contributed by atoms with E-state index in [-0.39, 0.29) is 5.92 Å². The van der Waals surface area contributed by atoms with Crippen molar-refractivity contribution in [2.75, 3.05) is 7.11 Å². The molecule has 0 saturated heterocycles. The van der Waals surface area contributed by atoms with E-state index in [1.165, 1.54) is 16.7 Å². The van der Waals surface area contributed by atoms with Crippen LogP contribution in [-0.2, 0) is 0 Å². The second kappa shape index (κ2) is 5.50. The van der Waals surface area contributed by atoms with Crippen LogP contribution in [0.1, 0.15) is 36.5 Å². The molecule has 2 nitrogen and oxygen atoms in total. The zero-order valence-corrected chi connectivity index (χ0v) is 12.0. The van der Waals surface area contributed by atoms with Crippen LogP contribution in [0.4, 0.5) is 0 Å². The lowest BCUT2D eigenvalue weighted by Gasteiger charge is -2.22. The Morgan fingerprint density at radius 1 is 1.24 bits per heavy atom. The summed E-state index contributed by atoms with van der Waals surface area (Å²) in [7, 11) is 1.70. The molecule has 0 radical (unpaired) electrons. The molecule has 0 aromatic heterocycles. The van der Waals surface area contributed by atoms with E-state index in [1.54, 1.807) is 7.11 Å². The molecule has 0 amide bonds. The van der Waals surface area contributed by atoms with Gasteiger partial charge in [0.05, 0.1) is 12.1 Å². The number of hydrogen-bond donors (Lipinski definition) is 1. The third-order valence-electron chi connectivity index (χ3n) is 3.69. The molecular formula is C14H21NOS. The molecule has 0 spiro atoms. The molecule has 0 saturated carbocycles. The van der Waals surface area contributed by atoms with Gasteiger partial charge >= 0.3 is 0 Å². The Kier molecular flexibility index (Phi) is 4.52. The quantitative estimate of drug-likeness (QED) is 0.834. The standard InChI is InChI=1S/C14H21NOS/c1-8-10(3)13(16-5)7-6-12(8)9(2)11(4)14(15)17/h6-7,9,11H,1-5H3,(H2,15,17). The normalized spacial score (nSPS) is 14.2. The maximum atomic E-state index is 5.73. The molecule has 17 heavy (non-hydrogen) atoms. The van der Waals surface area contributed by atoms with Crippen molar-refractivity contribution in [2.24, 2.45) is 11.7 Å². The number of benzene rings is 1. The van der Waals surface area contributed by atoms with Gasteiger partial charge in [-0.1, -0.05) is 32.1 Å². The highest BCUT2D eigenvalue weighted by atomic mass is 32.1. The lowest BCUT2D eigenvalue weighted by atomic mass is 9.85. The average molecular weight is 251 g/mol. The molecule has 1 rings (SSSR count). The highest BCUT2D eigenvalue weighted by molar-refractivity contribution is 7.80. The third kappa shape index (κ3) is 2.78. The Bertz CT molecular complexity index is 428. The number of nitrogens with two attached hydrogens (primary N) is 1. The Morgan fingerprint density at radius 3 is 2.29 bits per heavy atom. The first-order valence-corrected chi connectivity index (χ1v) is 6.24. The zero-order chi connectivity index (χ0) is 13.2. The molecule has 2 atom stereocenters. The Labute approximate surface area is 109 Å². The molecule has 0 aliphatic heterocycles. The summed E-state index contributed by atoms with van der Waals surface area (Å²) in [5, 5.41) is 0. The first kappa shape index (κ1) is 14.0. The number of rotatable bonds is 4. The van der Waals surface area contributed by atoms with Crippen LogP contribution < -0.4 is 10.5 Å². The van der Waals surface area contributed by atoms with E-state index in [2.05, 4.69) is 33.8 Å². The first-order chi connectivity index (χ1) is 7.90. The van der Waals surface area contributed by atoms with Gasteiger partial charge in [0.25, 0.3) is 0 Å². The van der Waals surface area contributed by atoms with Gasteiger partial charge in [-0.05, 0) is 42.5 Å². The molecule has 1 aromatic carbocycles. The minimum absolute atomic E-state index is 0.205. The van der Waals surface area contributed by atoms with Crippen molar-refractivity contribution in [2.45, 2.75) is 33.6 Å². The average Bonchev–Trinajstić information content (AvgIpc) is 2.30. The molecule has 0 heterocycles. The predicted molar refractivity (Wildman–Crippen MR) is 76.8 cm³/mol. The molecule has 0 bridgehead atoms. The van der Waals surface area contributed by atoms with Crippen LogP contribution in [0.25, 0.3) is 0 Å². The van der Waals surface area contributed by atoms with Gasteiger partial charge in [0.1, 0.15) is 5.75 Å². The monoisotopic (exact) mass is 251 g/mol. The fourth-order valence-corrected chi connectivity index (χ4v) is 2.25. The second-order valence-electron chi connectivity index (χ2n) is 4.59. The molecule has 0 aliphatic carbocycles. The largest absolute Gasteiger partial charge is 0.496 e. The smallest absolute Gasteiger partial charge is 0.122 e. The highest BCUT2D eigenvalue weighted by Gasteiger charge is 2.19. The lowest BCUT2D eigenvalue weighted by Crippen LogP contribution is -2.23. The minimum Gasteiger partial charge on any atom is -0.496 e. The topological polar surface area (TPSA) is 35.2 Å². The van der Waals surface area contributed by atoms with Crippen molar-refractivity contribution in [1.29, 1.82) is 0 Å². The fourth-order valence-electron chi connectivity index (χ4n) is 2.05. The van der Waals surface area contributed by atoms with Crippen molar-refractivity contribution < 1.29 is 4.74 Å². The van der Waals surface area contributed by atoms with Crippen LogP contribution in [0, 0.1) is 19.8 Å². The molecule has 2 unspecified atom stereocenters. The van der Waals surface area contributed by atoms with E-state index in [0.717, 1.165) is 5.75 Å². The van der Waals surface area contributed by atoms with Crippen LogP contribution in [0.5, 0.6) is 5.75 Å². The molecule has 2 N–H and O–H groups in total. The van der Waals surface area contributed by atoms with E-state index in [4.69, 9.17) is 22.7 Å². The van der Waals surface area contributed by atoms with E-state index < -0.39 is 0 Å². The highest BCUT2D eigenvalue weighted by Crippen LogP contribution is 2.32.